The Balaban J connectivity index is 3.09. The topological polar surface area (TPSA) is 26.0 Å². The quantitative estimate of drug-likeness (QED) is 0.304. The molecular weight excluding hydrogens is 230 g/mol. The van der Waals surface area contributed by atoms with E-state index in [9.17, 15) is 0 Å². The molecule has 114 valence electrons. The van der Waals surface area contributed by atoms with Gasteiger partial charge in [-0.05, 0) is 38.5 Å². The highest BCUT2D eigenvalue weighted by molar-refractivity contribution is 4.81. The SMILES string of the molecule is CCCCCCCCC=CCCCCCC(N)CC. The molecule has 0 aliphatic carbocycles. The second kappa shape index (κ2) is 15.8. The summed E-state index contributed by atoms with van der Waals surface area (Å²) < 4.78 is 0. The van der Waals surface area contributed by atoms with Gasteiger partial charge < -0.3 is 5.73 Å². The lowest BCUT2D eigenvalue weighted by Gasteiger charge is -2.06. The van der Waals surface area contributed by atoms with Gasteiger partial charge in [0.2, 0.25) is 0 Å². The van der Waals surface area contributed by atoms with Crippen molar-refractivity contribution in [2.75, 3.05) is 0 Å². The van der Waals surface area contributed by atoms with Gasteiger partial charge >= 0.3 is 0 Å². The molecule has 0 saturated heterocycles. The van der Waals surface area contributed by atoms with Crippen molar-refractivity contribution in [3.8, 4) is 0 Å². The van der Waals surface area contributed by atoms with Crippen molar-refractivity contribution in [1.82, 2.24) is 0 Å². The lowest BCUT2D eigenvalue weighted by atomic mass is 10.1. The second-order valence-corrected chi connectivity index (χ2v) is 5.83. The smallest absolute Gasteiger partial charge is 0.00362 e. The van der Waals surface area contributed by atoms with Gasteiger partial charge in [0.15, 0.2) is 0 Å². The van der Waals surface area contributed by atoms with Gasteiger partial charge in [-0.2, -0.15) is 0 Å². The van der Waals surface area contributed by atoms with Crippen LogP contribution in [0.25, 0.3) is 0 Å². The van der Waals surface area contributed by atoms with Crippen molar-refractivity contribution in [2.24, 2.45) is 5.73 Å². The van der Waals surface area contributed by atoms with Gasteiger partial charge in [-0.25, -0.2) is 0 Å². The normalized spacial score (nSPS) is 13.2. The minimum Gasteiger partial charge on any atom is -0.328 e. The Hall–Kier alpha value is -0.300. The monoisotopic (exact) mass is 267 g/mol. The molecule has 0 rings (SSSR count). The molecule has 0 radical (unpaired) electrons. The van der Waals surface area contributed by atoms with Crippen LogP contribution < -0.4 is 5.73 Å². The van der Waals surface area contributed by atoms with E-state index >= 15 is 0 Å². The number of unbranched alkanes of at least 4 members (excludes halogenated alkanes) is 9. The maximum Gasteiger partial charge on any atom is 0.00362 e. The van der Waals surface area contributed by atoms with Crippen LogP contribution in [-0.2, 0) is 0 Å². The largest absolute Gasteiger partial charge is 0.328 e. The van der Waals surface area contributed by atoms with E-state index in [1.165, 1.54) is 77.0 Å². The molecule has 0 aromatic rings. The van der Waals surface area contributed by atoms with Crippen molar-refractivity contribution >= 4 is 0 Å². The van der Waals surface area contributed by atoms with E-state index in [1.807, 2.05) is 0 Å². The van der Waals surface area contributed by atoms with Gasteiger partial charge in [-0.1, -0.05) is 70.9 Å². The molecule has 0 aromatic heterocycles. The van der Waals surface area contributed by atoms with Gasteiger partial charge in [0.05, 0.1) is 0 Å². The lowest BCUT2D eigenvalue weighted by molar-refractivity contribution is 0.541. The maximum atomic E-state index is 5.90. The summed E-state index contributed by atoms with van der Waals surface area (Å²) >= 11 is 0. The molecule has 0 saturated carbocycles. The first-order valence-electron chi connectivity index (χ1n) is 8.71. The highest BCUT2D eigenvalue weighted by Crippen LogP contribution is 2.09. The maximum absolute atomic E-state index is 5.90. The Labute approximate surface area is 122 Å². The highest BCUT2D eigenvalue weighted by Gasteiger charge is 1.97. The Morgan fingerprint density at radius 3 is 1.84 bits per heavy atom. The van der Waals surface area contributed by atoms with Crippen LogP contribution in [-0.4, -0.2) is 6.04 Å². The summed E-state index contributed by atoms with van der Waals surface area (Å²) in [5, 5.41) is 0. The second-order valence-electron chi connectivity index (χ2n) is 5.83. The predicted molar refractivity (Wildman–Crippen MR) is 88.5 cm³/mol. The fraction of sp³-hybridized carbons (Fsp3) is 0.889. The van der Waals surface area contributed by atoms with Crippen LogP contribution in [0.3, 0.4) is 0 Å². The third-order valence-corrected chi connectivity index (χ3v) is 3.86. The number of rotatable bonds is 14. The fourth-order valence-corrected chi connectivity index (χ4v) is 2.33. The summed E-state index contributed by atoms with van der Waals surface area (Å²) in [7, 11) is 0. The molecule has 0 amide bonds. The van der Waals surface area contributed by atoms with Crippen LogP contribution in [0, 0.1) is 0 Å². The number of hydrogen-bond acceptors (Lipinski definition) is 1. The van der Waals surface area contributed by atoms with Crippen molar-refractivity contribution in [1.29, 1.82) is 0 Å². The standard InChI is InChI=1S/C18H37N/c1-3-5-6-7-8-9-10-11-12-13-14-15-16-17-18(19)4-2/h11-12,18H,3-10,13-17,19H2,1-2H3. The summed E-state index contributed by atoms with van der Waals surface area (Å²) in [5.41, 5.74) is 5.90. The Kier molecular flexibility index (Phi) is 15.5. The van der Waals surface area contributed by atoms with Crippen LogP contribution >= 0.6 is 0 Å². The minimum absolute atomic E-state index is 0.434. The number of hydrogen-bond donors (Lipinski definition) is 1. The third kappa shape index (κ3) is 15.6. The molecule has 0 spiro atoms. The highest BCUT2D eigenvalue weighted by atomic mass is 14.6. The Morgan fingerprint density at radius 1 is 0.737 bits per heavy atom. The van der Waals surface area contributed by atoms with Gasteiger partial charge in [-0.3, -0.25) is 0 Å². The van der Waals surface area contributed by atoms with Crippen molar-refractivity contribution in [3.05, 3.63) is 12.2 Å². The van der Waals surface area contributed by atoms with Gasteiger partial charge in [-0.15, -0.1) is 0 Å². The van der Waals surface area contributed by atoms with Gasteiger partial charge in [0, 0.05) is 6.04 Å². The van der Waals surface area contributed by atoms with E-state index in [4.69, 9.17) is 5.73 Å². The van der Waals surface area contributed by atoms with Crippen LogP contribution in [0.5, 0.6) is 0 Å². The van der Waals surface area contributed by atoms with E-state index in [2.05, 4.69) is 26.0 Å². The molecule has 2 N–H and O–H groups in total. The molecule has 0 fully saturated rings. The molecule has 1 atom stereocenters. The lowest BCUT2D eigenvalue weighted by Crippen LogP contribution is -2.17. The van der Waals surface area contributed by atoms with E-state index in [1.54, 1.807) is 0 Å². The molecule has 0 heterocycles. The first kappa shape index (κ1) is 18.7. The third-order valence-electron chi connectivity index (χ3n) is 3.86. The fourth-order valence-electron chi connectivity index (χ4n) is 2.33. The summed E-state index contributed by atoms with van der Waals surface area (Å²) in [6.07, 6.45) is 22.0. The van der Waals surface area contributed by atoms with Crippen molar-refractivity contribution in [2.45, 2.75) is 103 Å². The molecule has 0 aliphatic rings. The summed E-state index contributed by atoms with van der Waals surface area (Å²) in [5.74, 6) is 0. The first-order chi connectivity index (χ1) is 9.31. The summed E-state index contributed by atoms with van der Waals surface area (Å²) in [4.78, 5) is 0. The predicted octanol–water partition coefficient (Wildman–Crippen LogP) is 5.98. The van der Waals surface area contributed by atoms with Gasteiger partial charge in [0.1, 0.15) is 0 Å². The summed E-state index contributed by atoms with van der Waals surface area (Å²) in [6.45, 7) is 4.45. The molecule has 1 heteroatoms. The van der Waals surface area contributed by atoms with Crippen molar-refractivity contribution < 1.29 is 0 Å². The van der Waals surface area contributed by atoms with E-state index in [0.717, 1.165) is 6.42 Å². The Morgan fingerprint density at radius 2 is 1.26 bits per heavy atom. The molecule has 1 nitrogen and oxygen atoms in total. The summed E-state index contributed by atoms with van der Waals surface area (Å²) in [6, 6.07) is 0.434. The zero-order chi connectivity index (χ0) is 14.2. The molecule has 0 aromatic carbocycles. The molecule has 1 unspecified atom stereocenters. The number of allylic oxidation sites excluding steroid dienone is 2. The number of nitrogens with two attached hydrogens (primary N) is 1. The molecular formula is C18H37N. The zero-order valence-electron chi connectivity index (χ0n) is 13.5. The Bertz CT molecular complexity index is 186. The zero-order valence-corrected chi connectivity index (χ0v) is 13.5. The van der Waals surface area contributed by atoms with Crippen molar-refractivity contribution in [3.63, 3.8) is 0 Å². The average Bonchev–Trinajstić information content (AvgIpc) is 2.43. The van der Waals surface area contributed by atoms with Crippen LogP contribution in [0.4, 0.5) is 0 Å². The average molecular weight is 268 g/mol. The van der Waals surface area contributed by atoms with E-state index in [0.29, 0.717) is 6.04 Å². The molecule has 0 aliphatic heterocycles. The van der Waals surface area contributed by atoms with Gasteiger partial charge in [0.25, 0.3) is 0 Å². The molecule has 19 heavy (non-hydrogen) atoms. The van der Waals surface area contributed by atoms with Crippen LogP contribution in [0.1, 0.15) is 97.3 Å². The van der Waals surface area contributed by atoms with E-state index < -0.39 is 0 Å². The van der Waals surface area contributed by atoms with E-state index in [-0.39, 0.29) is 0 Å². The molecule has 0 bridgehead atoms. The minimum atomic E-state index is 0.434. The van der Waals surface area contributed by atoms with Crippen LogP contribution in [0.2, 0.25) is 0 Å². The first-order valence-corrected chi connectivity index (χ1v) is 8.71. The van der Waals surface area contributed by atoms with Crippen LogP contribution in [0.15, 0.2) is 12.2 Å².